The number of nitrogens with one attached hydrogen (secondary N) is 1. The molecule has 0 fully saturated rings. The van der Waals surface area contributed by atoms with Crippen molar-refractivity contribution in [2.75, 3.05) is 17.5 Å². The molecule has 3 rings (SSSR count). The van der Waals surface area contributed by atoms with Gasteiger partial charge in [-0.2, -0.15) is 5.10 Å². The molecule has 0 aliphatic carbocycles. The SMILES string of the molecule is CCOc1ccc(N(CC(=O)N/N=C/c2ccc(C(=O)O)cc2)S(=O)(=O)c2ccc(C)cc2)cc1. The molecule has 0 heterocycles. The van der Waals surface area contributed by atoms with Crippen LogP contribution in [0, 0.1) is 6.92 Å². The van der Waals surface area contributed by atoms with E-state index in [1.807, 2.05) is 13.8 Å². The van der Waals surface area contributed by atoms with E-state index in [4.69, 9.17) is 9.84 Å². The third kappa shape index (κ3) is 6.67. The largest absolute Gasteiger partial charge is 0.494 e. The summed E-state index contributed by atoms with van der Waals surface area (Å²) in [5.74, 6) is -1.13. The number of carbonyl (C=O) groups is 2. The fourth-order valence-electron chi connectivity index (χ4n) is 3.08. The van der Waals surface area contributed by atoms with Crippen molar-refractivity contribution < 1.29 is 27.9 Å². The van der Waals surface area contributed by atoms with Crippen molar-refractivity contribution in [2.45, 2.75) is 18.7 Å². The fraction of sp³-hybridized carbons (Fsp3) is 0.160. The van der Waals surface area contributed by atoms with Crippen molar-refractivity contribution in [1.82, 2.24) is 5.43 Å². The Kier molecular flexibility index (Phi) is 8.21. The Hall–Kier alpha value is -4.18. The number of hydrazone groups is 1. The molecule has 0 aromatic heterocycles. The lowest BCUT2D eigenvalue weighted by molar-refractivity contribution is -0.119. The number of carbonyl (C=O) groups excluding carboxylic acids is 1. The molecular formula is C25H25N3O6S. The molecule has 0 aliphatic rings. The van der Waals surface area contributed by atoms with Crippen LogP contribution in [0.25, 0.3) is 0 Å². The lowest BCUT2D eigenvalue weighted by Gasteiger charge is -2.24. The first-order valence-electron chi connectivity index (χ1n) is 10.7. The summed E-state index contributed by atoms with van der Waals surface area (Å²) in [5.41, 5.74) is 4.19. The lowest BCUT2D eigenvalue weighted by atomic mass is 10.1. The molecule has 9 nitrogen and oxygen atoms in total. The Balaban J connectivity index is 1.81. The van der Waals surface area contributed by atoms with Gasteiger partial charge in [0.25, 0.3) is 15.9 Å². The third-order valence-corrected chi connectivity index (χ3v) is 6.68. The second kappa shape index (κ2) is 11.3. The van der Waals surface area contributed by atoms with E-state index in [0.29, 0.717) is 17.9 Å². The number of carboxylic acids is 1. The van der Waals surface area contributed by atoms with Gasteiger partial charge in [0, 0.05) is 0 Å². The molecule has 0 saturated heterocycles. The van der Waals surface area contributed by atoms with Gasteiger partial charge in [0.1, 0.15) is 12.3 Å². The number of sulfonamides is 1. The van der Waals surface area contributed by atoms with Crippen molar-refractivity contribution in [1.29, 1.82) is 0 Å². The first kappa shape index (κ1) is 25.4. The van der Waals surface area contributed by atoms with Crippen molar-refractivity contribution in [3.63, 3.8) is 0 Å². The summed E-state index contributed by atoms with van der Waals surface area (Å²) < 4.78 is 33.2. The number of aryl methyl sites for hydroxylation is 1. The van der Waals surface area contributed by atoms with Gasteiger partial charge in [-0.05, 0) is 67.9 Å². The van der Waals surface area contributed by atoms with Crippen LogP contribution in [0.5, 0.6) is 5.75 Å². The van der Waals surface area contributed by atoms with Crippen LogP contribution in [0.1, 0.15) is 28.4 Å². The normalized spacial score (nSPS) is 11.3. The number of hydrogen-bond acceptors (Lipinski definition) is 6. The molecule has 2 N–H and O–H groups in total. The van der Waals surface area contributed by atoms with E-state index in [1.165, 1.54) is 42.6 Å². The number of hydrogen-bond donors (Lipinski definition) is 2. The van der Waals surface area contributed by atoms with Gasteiger partial charge in [0.05, 0.1) is 29.0 Å². The molecular weight excluding hydrogens is 470 g/mol. The molecule has 0 saturated carbocycles. The molecule has 0 atom stereocenters. The van der Waals surface area contributed by atoms with Crippen molar-refractivity contribution in [3.8, 4) is 5.75 Å². The number of amides is 1. The van der Waals surface area contributed by atoms with Crippen molar-refractivity contribution in [2.24, 2.45) is 5.10 Å². The molecule has 0 aliphatic heterocycles. The molecule has 1 amide bonds. The lowest BCUT2D eigenvalue weighted by Crippen LogP contribution is -2.39. The molecule has 10 heteroatoms. The summed E-state index contributed by atoms with van der Waals surface area (Å²) >= 11 is 0. The molecule has 0 unspecified atom stereocenters. The molecule has 0 spiro atoms. The van der Waals surface area contributed by atoms with E-state index in [2.05, 4.69) is 10.5 Å². The summed E-state index contributed by atoms with van der Waals surface area (Å²) in [6.45, 7) is 3.64. The average molecular weight is 496 g/mol. The average Bonchev–Trinajstić information content (AvgIpc) is 2.84. The maximum atomic E-state index is 13.4. The van der Waals surface area contributed by atoms with Crippen molar-refractivity contribution in [3.05, 3.63) is 89.5 Å². The fourth-order valence-corrected chi connectivity index (χ4v) is 4.51. The summed E-state index contributed by atoms with van der Waals surface area (Å²) in [5, 5.41) is 12.8. The summed E-state index contributed by atoms with van der Waals surface area (Å²) in [7, 11) is -4.06. The zero-order chi connectivity index (χ0) is 25.4. The minimum Gasteiger partial charge on any atom is -0.494 e. The maximum Gasteiger partial charge on any atom is 0.335 e. The quantitative estimate of drug-likeness (QED) is 0.328. The summed E-state index contributed by atoms with van der Waals surface area (Å²) in [6, 6.07) is 18.6. The van der Waals surface area contributed by atoms with Crippen LogP contribution in [0.15, 0.2) is 82.8 Å². The van der Waals surface area contributed by atoms with Crippen LogP contribution in [0.3, 0.4) is 0 Å². The molecule has 3 aromatic carbocycles. The van der Waals surface area contributed by atoms with Crippen molar-refractivity contribution >= 4 is 33.8 Å². The van der Waals surface area contributed by atoms with E-state index < -0.39 is 28.4 Å². The second-order valence-electron chi connectivity index (χ2n) is 7.47. The smallest absolute Gasteiger partial charge is 0.335 e. The number of ether oxygens (including phenoxy) is 1. The Morgan fingerprint density at radius 3 is 2.20 bits per heavy atom. The molecule has 0 bridgehead atoms. The van der Waals surface area contributed by atoms with Crippen LogP contribution in [0.4, 0.5) is 5.69 Å². The number of anilines is 1. The number of rotatable bonds is 10. The monoisotopic (exact) mass is 495 g/mol. The minimum absolute atomic E-state index is 0.0480. The zero-order valence-electron chi connectivity index (χ0n) is 19.2. The number of carboxylic acid groups (broad SMARTS) is 1. The molecule has 182 valence electrons. The predicted molar refractivity (Wildman–Crippen MR) is 132 cm³/mol. The number of benzene rings is 3. The molecule has 0 radical (unpaired) electrons. The van der Waals surface area contributed by atoms with Gasteiger partial charge < -0.3 is 9.84 Å². The van der Waals surface area contributed by atoms with Crippen LogP contribution in [-0.4, -0.2) is 44.8 Å². The van der Waals surface area contributed by atoms with Gasteiger partial charge >= 0.3 is 5.97 Å². The molecule has 3 aromatic rings. The Bertz CT molecular complexity index is 1300. The highest BCUT2D eigenvalue weighted by Gasteiger charge is 2.27. The second-order valence-corrected chi connectivity index (χ2v) is 9.33. The highest BCUT2D eigenvalue weighted by Crippen LogP contribution is 2.26. The van der Waals surface area contributed by atoms with Gasteiger partial charge in [0.15, 0.2) is 0 Å². The van der Waals surface area contributed by atoms with E-state index in [1.54, 1.807) is 36.4 Å². The predicted octanol–water partition coefficient (Wildman–Crippen LogP) is 3.44. The van der Waals surface area contributed by atoms with Gasteiger partial charge in [-0.15, -0.1) is 0 Å². The number of aromatic carboxylic acids is 1. The van der Waals surface area contributed by atoms with Crippen LogP contribution >= 0.6 is 0 Å². The highest BCUT2D eigenvalue weighted by molar-refractivity contribution is 7.92. The molecule has 35 heavy (non-hydrogen) atoms. The van der Waals surface area contributed by atoms with Gasteiger partial charge in [-0.1, -0.05) is 29.8 Å². The Labute approximate surface area is 203 Å². The van der Waals surface area contributed by atoms with Gasteiger partial charge in [-0.25, -0.2) is 18.6 Å². The van der Waals surface area contributed by atoms with Crippen LogP contribution in [-0.2, 0) is 14.8 Å². The first-order chi connectivity index (χ1) is 16.7. The Morgan fingerprint density at radius 1 is 1.00 bits per heavy atom. The summed E-state index contributed by atoms with van der Waals surface area (Å²) in [6.07, 6.45) is 1.33. The van der Waals surface area contributed by atoms with Gasteiger partial charge in [-0.3, -0.25) is 9.10 Å². The van der Waals surface area contributed by atoms with Crippen LogP contribution < -0.4 is 14.5 Å². The van der Waals surface area contributed by atoms with E-state index in [9.17, 15) is 18.0 Å². The minimum atomic E-state index is -4.06. The first-order valence-corrected chi connectivity index (χ1v) is 12.1. The topological polar surface area (TPSA) is 125 Å². The summed E-state index contributed by atoms with van der Waals surface area (Å²) in [4.78, 5) is 23.6. The highest BCUT2D eigenvalue weighted by atomic mass is 32.2. The standard InChI is InChI=1S/C25H25N3O6S/c1-3-34-22-12-10-21(11-13-22)28(35(32,33)23-14-4-18(2)5-15-23)17-24(29)27-26-16-19-6-8-20(9-7-19)25(30)31/h4-16H,3,17H2,1-2H3,(H,27,29)(H,30,31)/b26-16+. The number of nitrogens with zero attached hydrogens (tertiary/aromatic N) is 2. The third-order valence-electron chi connectivity index (χ3n) is 4.89. The van der Waals surface area contributed by atoms with E-state index >= 15 is 0 Å². The van der Waals surface area contributed by atoms with Crippen LogP contribution in [0.2, 0.25) is 0 Å². The zero-order valence-corrected chi connectivity index (χ0v) is 20.0. The van der Waals surface area contributed by atoms with E-state index in [-0.39, 0.29) is 16.1 Å². The maximum absolute atomic E-state index is 13.4. The Morgan fingerprint density at radius 2 is 1.63 bits per heavy atom. The van der Waals surface area contributed by atoms with Gasteiger partial charge in [0.2, 0.25) is 0 Å². The van der Waals surface area contributed by atoms with E-state index in [0.717, 1.165) is 9.87 Å².